The number of carbonyl (C=O) groups is 2. The van der Waals surface area contributed by atoms with Crippen molar-refractivity contribution in [1.29, 1.82) is 0 Å². The molecule has 0 unspecified atom stereocenters. The number of hydrazine groups is 1. The van der Waals surface area contributed by atoms with Gasteiger partial charge in [-0.25, -0.2) is 0 Å². The van der Waals surface area contributed by atoms with Gasteiger partial charge in [0.1, 0.15) is 4.90 Å². The van der Waals surface area contributed by atoms with E-state index in [0.29, 0.717) is 10.0 Å². The van der Waals surface area contributed by atoms with E-state index in [0.717, 1.165) is 5.01 Å². The molecule has 9 heteroatoms. The molecule has 0 spiro atoms. The lowest BCUT2D eigenvalue weighted by molar-refractivity contribution is 0.0317. The number of hydrogen-bond donors (Lipinski definition) is 0. The molecule has 0 aromatic heterocycles. The van der Waals surface area contributed by atoms with Gasteiger partial charge in [-0.3, -0.25) is 14.6 Å². The van der Waals surface area contributed by atoms with Gasteiger partial charge in [-0.05, 0) is 52.3 Å². The molecule has 1 heterocycles. The molecule has 0 fully saturated rings. The summed E-state index contributed by atoms with van der Waals surface area (Å²) in [6.07, 6.45) is 0. The van der Waals surface area contributed by atoms with Crippen molar-refractivity contribution in [3.05, 3.63) is 100 Å². The maximum atomic E-state index is 13.5. The minimum atomic E-state index is -3.93. The first-order valence-corrected chi connectivity index (χ1v) is 11.4. The van der Waals surface area contributed by atoms with E-state index >= 15 is 0 Å². The molecule has 156 valence electrons. The van der Waals surface area contributed by atoms with E-state index in [2.05, 4.69) is 20.3 Å². The molecule has 0 saturated carbocycles. The van der Waals surface area contributed by atoms with Crippen LogP contribution in [0.25, 0.3) is 0 Å². The monoisotopic (exact) mass is 497 g/mol. The lowest BCUT2D eigenvalue weighted by atomic mass is 10.1. The summed E-state index contributed by atoms with van der Waals surface area (Å²) in [6, 6.07) is 21.3. The van der Waals surface area contributed by atoms with Crippen LogP contribution in [0.1, 0.15) is 26.3 Å². The molecule has 1 aliphatic rings. The molecule has 0 radical (unpaired) electrons. The Balaban J connectivity index is 1.85. The average Bonchev–Trinajstić information content (AvgIpc) is 3.06. The second kappa shape index (κ2) is 8.09. The van der Waals surface area contributed by atoms with Crippen LogP contribution < -0.4 is 0 Å². The Morgan fingerprint density at radius 3 is 2.16 bits per heavy atom. The molecule has 1 aliphatic heterocycles. The standard InChI is InChI=1S/C22H16BrN3O4S/c1-25(20-17-12-6-8-14-19(17)31(29,30)24-20)26(21(27)15-9-3-2-4-10-15)22(28)16-11-5-7-13-18(16)23/h2-14H,1H3. The highest BCUT2D eigenvalue weighted by molar-refractivity contribution is 9.10. The molecular weight excluding hydrogens is 482 g/mol. The third kappa shape index (κ3) is 3.77. The SMILES string of the molecule is CN(C1=NS(=O)(=O)c2ccccc21)N(C(=O)c1ccccc1)C(=O)c1ccccc1Br. The van der Waals surface area contributed by atoms with Gasteiger partial charge in [-0.15, -0.1) is 4.40 Å². The minimum absolute atomic E-state index is 0.0136. The van der Waals surface area contributed by atoms with Crippen molar-refractivity contribution in [2.45, 2.75) is 4.90 Å². The molecule has 0 atom stereocenters. The largest absolute Gasteiger partial charge is 0.285 e. The fourth-order valence-corrected chi connectivity index (χ4v) is 4.92. The summed E-state index contributed by atoms with van der Waals surface area (Å²) in [4.78, 5) is 26.9. The molecule has 2 amide bonds. The van der Waals surface area contributed by atoms with Crippen molar-refractivity contribution in [3.63, 3.8) is 0 Å². The van der Waals surface area contributed by atoms with Gasteiger partial charge in [-0.1, -0.05) is 42.5 Å². The van der Waals surface area contributed by atoms with Crippen LogP contribution in [0.15, 0.2) is 92.6 Å². The molecule has 7 nitrogen and oxygen atoms in total. The molecule has 4 rings (SSSR count). The molecule has 0 saturated heterocycles. The van der Waals surface area contributed by atoms with Gasteiger partial charge >= 0.3 is 0 Å². The smallest absolute Gasteiger partial charge is 0.267 e. The Labute approximate surface area is 187 Å². The minimum Gasteiger partial charge on any atom is -0.267 e. The van der Waals surface area contributed by atoms with Crippen molar-refractivity contribution in [1.82, 2.24) is 10.0 Å². The van der Waals surface area contributed by atoms with E-state index in [9.17, 15) is 18.0 Å². The number of carbonyl (C=O) groups excluding carboxylic acids is 2. The predicted octanol–water partition coefficient (Wildman–Crippen LogP) is 3.73. The normalized spacial score (nSPS) is 13.8. The van der Waals surface area contributed by atoms with Gasteiger partial charge in [0.15, 0.2) is 5.84 Å². The van der Waals surface area contributed by atoms with Crippen molar-refractivity contribution < 1.29 is 18.0 Å². The van der Waals surface area contributed by atoms with E-state index in [1.54, 1.807) is 72.8 Å². The number of imide groups is 1. The third-order valence-electron chi connectivity index (χ3n) is 4.73. The first-order chi connectivity index (χ1) is 14.8. The zero-order valence-electron chi connectivity index (χ0n) is 16.3. The number of amides is 2. The second-order valence-corrected chi connectivity index (χ2v) is 9.10. The van der Waals surface area contributed by atoms with Crippen LogP contribution in [-0.2, 0) is 10.0 Å². The summed E-state index contributed by atoms with van der Waals surface area (Å²) >= 11 is 3.34. The average molecular weight is 498 g/mol. The predicted molar refractivity (Wildman–Crippen MR) is 119 cm³/mol. The van der Waals surface area contributed by atoms with Crippen LogP contribution in [0, 0.1) is 0 Å². The highest BCUT2D eigenvalue weighted by atomic mass is 79.9. The lowest BCUT2D eigenvalue weighted by Crippen LogP contribution is -2.51. The quantitative estimate of drug-likeness (QED) is 0.397. The Kier molecular flexibility index (Phi) is 5.47. The zero-order chi connectivity index (χ0) is 22.2. The first kappa shape index (κ1) is 21.0. The highest BCUT2D eigenvalue weighted by Crippen LogP contribution is 2.29. The second-order valence-electron chi connectivity index (χ2n) is 6.68. The molecular formula is C22H16BrN3O4S. The van der Waals surface area contributed by atoms with Gasteiger partial charge in [-0.2, -0.15) is 13.4 Å². The van der Waals surface area contributed by atoms with E-state index in [1.165, 1.54) is 18.1 Å². The van der Waals surface area contributed by atoms with Gasteiger partial charge in [0.2, 0.25) is 0 Å². The molecule has 3 aromatic rings. The number of sulfonamides is 1. The summed E-state index contributed by atoms with van der Waals surface area (Å²) < 4.78 is 29.4. The van der Waals surface area contributed by atoms with Crippen LogP contribution in [-0.4, -0.2) is 43.1 Å². The number of benzene rings is 3. The van der Waals surface area contributed by atoms with Gasteiger partial charge in [0.05, 0.1) is 5.56 Å². The van der Waals surface area contributed by atoms with Crippen LogP contribution in [0.3, 0.4) is 0 Å². The van der Waals surface area contributed by atoms with Crippen molar-refractivity contribution >= 4 is 43.6 Å². The number of fused-ring (bicyclic) bond motifs is 1. The molecule has 31 heavy (non-hydrogen) atoms. The number of amidine groups is 1. The van der Waals surface area contributed by atoms with Gasteiger partial charge in [0.25, 0.3) is 21.8 Å². The zero-order valence-corrected chi connectivity index (χ0v) is 18.7. The van der Waals surface area contributed by atoms with E-state index in [4.69, 9.17) is 0 Å². The number of nitrogens with zero attached hydrogens (tertiary/aromatic N) is 3. The Bertz CT molecular complexity index is 1320. The fraction of sp³-hybridized carbons (Fsp3) is 0.0455. The molecule has 3 aromatic carbocycles. The highest BCUT2D eigenvalue weighted by Gasteiger charge is 2.37. The topological polar surface area (TPSA) is 87.1 Å². The third-order valence-corrected chi connectivity index (χ3v) is 6.75. The van der Waals surface area contributed by atoms with Crippen molar-refractivity contribution in [3.8, 4) is 0 Å². The molecule has 0 aliphatic carbocycles. The first-order valence-electron chi connectivity index (χ1n) is 9.17. The summed E-state index contributed by atoms with van der Waals surface area (Å²) in [6.45, 7) is 0. The maximum absolute atomic E-state index is 13.5. The van der Waals surface area contributed by atoms with Gasteiger partial charge in [0, 0.05) is 22.6 Å². The number of hydrogen-bond acceptors (Lipinski definition) is 5. The van der Waals surface area contributed by atoms with E-state index < -0.39 is 21.8 Å². The van der Waals surface area contributed by atoms with Crippen LogP contribution >= 0.6 is 15.9 Å². The van der Waals surface area contributed by atoms with Crippen molar-refractivity contribution in [2.75, 3.05) is 7.05 Å². The van der Waals surface area contributed by atoms with Crippen LogP contribution in [0.4, 0.5) is 0 Å². The lowest BCUT2D eigenvalue weighted by Gasteiger charge is -2.31. The van der Waals surface area contributed by atoms with E-state index in [-0.39, 0.29) is 21.9 Å². The van der Waals surface area contributed by atoms with Crippen molar-refractivity contribution in [2.24, 2.45) is 4.40 Å². The molecule has 0 bridgehead atoms. The Morgan fingerprint density at radius 1 is 0.839 bits per heavy atom. The summed E-state index contributed by atoms with van der Waals surface area (Å²) in [5.41, 5.74) is 0.827. The fourth-order valence-electron chi connectivity index (χ4n) is 3.23. The number of rotatable bonds is 2. The Hall–Kier alpha value is -3.30. The number of halogens is 1. The summed E-state index contributed by atoms with van der Waals surface area (Å²) in [7, 11) is -2.50. The van der Waals surface area contributed by atoms with E-state index in [1.807, 2.05) is 0 Å². The summed E-state index contributed by atoms with van der Waals surface area (Å²) in [5, 5.41) is 2.08. The Morgan fingerprint density at radius 2 is 1.45 bits per heavy atom. The van der Waals surface area contributed by atoms with Crippen LogP contribution in [0.2, 0.25) is 0 Å². The van der Waals surface area contributed by atoms with Crippen LogP contribution in [0.5, 0.6) is 0 Å². The maximum Gasteiger partial charge on any atom is 0.285 e. The summed E-state index contributed by atoms with van der Waals surface area (Å²) in [5.74, 6) is -1.26. The molecule has 0 N–H and O–H groups in total. The van der Waals surface area contributed by atoms with Gasteiger partial charge < -0.3 is 0 Å².